The molecule has 1 aromatic heterocycles. The third-order valence-corrected chi connectivity index (χ3v) is 2.96. The van der Waals surface area contributed by atoms with Gasteiger partial charge in [-0.05, 0) is 32.0 Å². The average molecular weight is 289 g/mol. The van der Waals surface area contributed by atoms with Crippen LogP contribution in [0.3, 0.4) is 0 Å². The van der Waals surface area contributed by atoms with Crippen molar-refractivity contribution < 1.29 is 14.5 Å². The number of rotatable bonds is 5. The summed E-state index contributed by atoms with van der Waals surface area (Å²) in [5, 5.41) is 14.4. The van der Waals surface area contributed by atoms with Crippen LogP contribution in [0.4, 0.5) is 11.4 Å². The molecular formula is C14H15N3O4. The molecule has 7 nitrogen and oxygen atoms in total. The van der Waals surface area contributed by atoms with Crippen molar-refractivity contribution in [3.8, 4) is 0 Å². The van der Waals surface area contributed by atoms with Crippen LogP contribution in [0.15, 0.2) is 30.5 Å². The van der Waals surface area contributed by atoms with Crippen molar-refractivity contribution in [2.75, 3.05) is 11.9 Å². The number of ether oxygens (including phenoxy) is 1. The van der Waals surface area contributed by atoms with Crippen molar-refractivity contribution in [1.82, 2.24) is 4.98 Å². The van der Waals surface area contributed by atoms with Gasteiger partial charge in [-0.2, -0.15) is 0 Å². The van der Waals surface area contributed by atoms with Crippen LogP contribution in [0, 0.1) is 10.1 Å². The van der Waals surface area contributed by atoms with E-state index in [0.29, 0.717) is 23.2 Å². The summed E-state index contributed by atoms with van der Waals surface area (Å²) in [5.41, 5.74) is 0.979. The Hall–Kier alpha value is -2.70. The number of nitro benzene ring substituents is 1. The number of hydrogen-bond donors (Lipinski definition) is 1. The van der Waals surface area contributed by atoms with E-state index in [0.717, 1.165) is 0 Å². The molecule has 110 valence electrons. The highest BCUT2D eigenvalue weighted by Crippen LogP contribution is 2.30. The van der Waals surface area contributed by atoms with Crippen molar-refractivity contribution in [3.63, 3.8) is 0 Å². The first-order valence-electron chi connectivity index (χ1n) is 6.50. The first-order chi connectivity index (χ1) is 10.0. The molecule has 7 heteroatoms. The van der Waals surface area contributed by atoms with Crippen molar-refractivity contribution >= 4 is 28.2 Å². The summed E-state index contributed by atoms with van der Waals surface area (Å²) in [6.07, 6.45) is 1.55. The van der Waals surface area contributed by atoms with Gasteiger partial charge < -0.3 is 10.1 Å². The van der Waals surface area contributed by atoms with Crippen LogP contribution < -0.4 is 5.32 Å². The number of pyridine rings is 1. The summed E-state index contributed by atoms with van der Waals surface area (Å²) < 4.78 is 4.92. The van der Waals surface area contributed by atoms with Crippen LogP contribution in [0.5, 0.6) is 0 Å². The van der Waals surface area contributed by atoms with Crippen LogP contribution in [0.2, 0.25) is 0 Å². The Labute approximate surface area is 121 Å². The number of nitrogens with zero attached hydrogens (tertiary/aromatic N) is 2. The second kappa shape index (κ2) is 6.17. The van der Waals surface area contributed by atoms with Gasteiger partial charge in [0.15, 0.2) is 0 Å². The standard InChI is InChI=1S/C14H15N3O4/c1-3-21-14(18)9(2)16-11-6-7-12(17(19)20)10-5-4-8-15-13(10)11/h4-9,16H,3H2,1-2H3. The Balaban J connectivity index is 2.40. The number of esters is 1. The molecule has 0 fully saturated rings. The second-order valence-electron chi connectivity index (χ2n) is 4.41. The van der Waals surface area contributed by atoms with E-state index in [4.69, 9.17) is 4.74 Å². The third-order valence-electron chi connectivity index (χ3n) is 2.96. The summed E-state index contributed by atoms with van der Waals surface area (Å²) in [6.45, 7) is 3.69. The van der Waals surface area contributed by atoms with Crippen LogP contribution in [0.1, 0.15) is 13.8 Å². The predicted molar refractivity (Wildman–Crippen MR) is 78.1 cm³/mol. The Morgan fingerprint density at radius 2 is 2.24 bits per heavy atom. The van der Waals surface area contributed by atoms with E-state index in [1.54, 1.807) is 38.2 Å². The molecule has 2 aromatic rings. The van der Waals surface area contributed by atoms with Crippen LogP contribution in [-0.2, 0) is 9.53 Å². The minimum absolute atomic E-state index is 0.0209. The van der Waals surface area contributed by atoms with E-state index < -0.39 is 11.0 Å². The fraction of sp³-hybridized carbons (Fsp3) is 0.286. The second-order valence-corrected chi connectivity index (χ2v) is 4.41. The monoisotopic (exact) mass is 289 g/mol. The van der Waals surface area contributed by atoms with Gasteiger partial charge in [-0.1, -0.05) is 0 Å². The number of carbonyl (C=O) groups excluding carboxylic acids is 1. The van der Waals surface area contributed by atoms with Crippen LogP contribution in [-0.4, -0.2) is 28.5 Å². The quantitative estimate of drug-likeness (QED) is 0.516. The van der Waals surface area contributed by atoms with Gasteiger partial charge >= 0.3 is 5.97 Å². The van der Waals surface area contributed by atoms with Gasteiger partial charge in [0.25, 0.3) is 5.69 Å². The fourth-order valence-corrected chi connectivity index (χ4v) is 1.99. The van der Waals surface area contributed by atoms with Gasteiger partial charge in [-0.25, -0.2) is 4.79 Å². The lowest BCUT2D eigenvalue weighted by atomic mass is 10.1. The maximum absolute atomic E-state index is 11.6. The summed E-state index contributed by atoms with van der Waals surface area (Å²) >= 11 is 0. The van der Waals surface area contributed by atoms with Crippen molar-refractivity contribution in [2.45, 2.75) is 19.9 Å². The number of fused-ring (bicyclic) bond motifs is 1. The molecule has 0 saturated carbocycles. The van der Waals surface area contributed by atoms with Crippen molar-refractivity contribution in [1.29, 1.82) is 0 Å². The van der Waals surface area contributed by atoms with Gasteiger partial charge in [0.2, 0.25) is 0 Å². The molecule has 0 aliphatic carbocycles. The normalized spacial score (nSPS) is 11.9. The molecule has 0 aliphatic rings. The number of non-ortho nitro benzene ring substituents is 1. The van der Waals surface area contributed by atoms with Crippen molar-refractivity contribution in [3.05, 3.63) is 40.6 Å². The molecule has 0 bridgehead atoms. The van der Waals surface area contributed by atoms with Gasteiger partial charge in [-0.3, -0.25) is 15.1 Å². The molecule has 0 amide bonds. The number of nitro groups is 1. The number of aromatic nitrogens is 1. The molecule has 0 spiro atoms. The highest BCUT2D eigenvalue weighted by Gasteiger charge is 2.18. The average Bonchev–Trinajstić information content (AvgIpc) is 2.47. The maximum Gasteiger partial charge on any atom is 0.328 e. The Morgan fingerprint density at radius 1 is 1.48 bits per heavy atom. The Kier molecular flexibility index (Phi) is 4.32. The molecule has 0 radical (unpaired) electrons. The van der Waals surface area contributed by atoms with E-state index in [-0.39, 0.29) is 11.7 Å². The van der Waals surface area contributed by atoms with E-state index in [1.807, 2.05) is 0 Å². The molecule has 1 N–H and O–H groups in total. The Bertz CT molecular complexity index is 687. The number of hydrogen-bond acceptors (Lipinski definition) is 6. The molecule has 2 rings (SSSR count). The highest BCUT2D eigenvalue weighted by molar-refractivity contribution is 5.97. The minimum Gasteiger partial charge on any atom is -0.464 e. The minimum atomic E-state index is -0.573. The molecule has 0 saturated heterocycles. The zero-order valence-corrected chi connectivity index (χ0v) is 11.7. The van der Waals surface area contributed by atoms with Crippen molar-refractivity contribution in [2.24, 2.45) is 0 Å². The first-order valence-corrected chi connectivity index (χ1v) is 6.50. The molecule has 1 unspecified atom stereocenters. The van der Waals surface area contributed by atoms with E-state index in [9.17, 15) is 14.9 Å². The van der Waals surface area contributed by atoms with E-state index in [2.05, 4.69) is 10.3 Å². The molecule has 0 aliphatic heterocycles. The molecule has 1 heterocycles. The summed E-state index contributed by atoms with van der Waals surface area (Å²) in [4.78, 5) is 26.4. The summed E-state index contributed by atoms with van der Waals surface area (Å²) in [7, 11) is 0. The van der Waals surface area contributed by atoms with Crippen LogP contribution in [0.25, 0.3) is 10.9 Å². The van der Waals surface area contributed by atoms with Gasteiger partial charge in [0, 0.05) is 12.3 Å². The van der Waals surface area contributed by atoms with E-state index >= 15 is 0 Å². The number of anilines is 1. The van der Waals surface area contributed by atoms with Crippen LogP contribution >= 0.6 is 0 Å². The summed E-state index contributed by atoms with van der Waals surface area (Å²) in [5.74, 6) is -0.389. The fourth-order valence-electron chi connectivity index (χ4n) is 1.99. The molecule has 1 aromatic carbocycles. The highest BCUT2D eigenvalue weighted by atomic mass is 16.6. The lowest BCUT2D eigenvalue weighted by molar-refractivity contribution is -0.383. The maximum atomic E-state index is 11.6. The smallest absolute Gasteiger partial charge is 0.328 e. The number of benzene rings is 1. The first kappa shape index (κ1) is 14.7. The zero-order chi connectivity index (χ0) is 15.4. The molecular weight excluding hydrogens is 274 g/mol. The lowest BCUT2D eigenvalue weighted by Crippen LogP contribution is -2.28. The SMILES string of the molecule is CCOC(=O)C(C)Nc1ccc([N+](=O)[O-])c2cccnc12. The van der Waals surface area contributed by atoms with E-state index in [1.165, 1.54) is 6.07 Å². The predicted octanol–water partition coefficient (Wildman–Crippen LogP) is 2.51. The number of carbonyl (C=O) groups is 1. The summed E-state index contributed by atoms with van der Waals surface area (Å²) in [6, 6.07) is 5.62. The number of nitrogens with one attached hydrogen (secondary N) is 1. The topological polar surface area (TPSA) is 94.4 Å². The lowest BCUT2D eigenvalue weighted by Gasteiger charge is -2.15. The molecule has 21 heavy (non-hydrogen) atoms. The van der Waals surface area contributed by atoms with Gasteiger partial charge in [0.05, 0.1) is 22.6 Å². The van der Waals surface area contributed by atoms with Gasteiger partial charge in [-0.15, -0.1) is 0 Å². The zero-order valence-electron chi connectivity index (χ0n) is 11.7. The molecule has 1 atom stereocenters. The van der Waals surface area contributed by atoms with Gasteiger partial charge in [0.1, 0.15) is 11.6 Å². The largest absolute Gasteiger partial charge is 0.464 e. The Morgan fingerprint density at radius 3 is 2.90 bits per heavy atom. The third kappa shape index (κ3) is 3.07.